The molecule has 0 aliphatic carbocycles. The summed E-state index contributed by atoms with van der Waals surface area (Å²) in [5, 5.41) is 10.1. The van der Waals surface area contributed by atoms with Gasteiger partial charge in [0.15, 0.2) is 0 Å². The van der Waals surface area contributed by atoms with E-state index in [1.165, 1.54) is 10.8 Å². The molecular weight excluding hydrogens is 623 g/mol. The SMILES string of the molecule is c1ccc(-c2ccc3ccc4ccc(-c5ccc(-c6ccc7c(ccc8oc9ccccc9c87)n6)c6cc7ccccc7cc56)nc4c3n2)cc1. The van der Waals surface area contributed by atoms with Crippen LogP contribution in [0.1, 0.15) is 0 Å². The molecule has 0 aliphatic rings. The Labute approximate surface area is 292 Å². The highest BCUT2D eigenvalue weighted by Gasteiger charge is 2.17. The van der Waals surface area contributed by atoms with Gasteiger partial charge in [0.1, 0.15) is 11.2 Å². The zero-order valence-corrected chi connectivity index (χ0v) is 27.3. The monoisotopic (exact) mass is 649 g/mol. The number of furan rings is 1. The number of rotatable bonds is 3. The van der Waals surface area contributed by atoms with Crippen molar-refractivity contribution in [2.24, 2.45) is 0 Å². The van der Waals surface area contributed by atoms with Crippen molar-refractivity contribution in [2.75, 3.05) is 0 Å². The number of hydrogen-bond donors (Lipinski definition) is 0. The number of hydrogen-bond acceptors (Lipinski definition) is 4. The molecule has 236 valence electrons. The van der Waals surface area contributed by atoms with Gasteiger partial charge in [0, 0.05) is 43.6 Å². The first-order valence-electron chi connectivity index (χ1n) is 17.2. The van der Waals surface area contributed by atoms with Gasteiger partial charge in [-0.15, -0.1) is 0 Å². The van der Waals surface area contributed by atoms with Crippen LogP contribution in [0, 0.1) is 0 Å². The second kappa shape index (κ2) is 10.8. The van der Waals surface area contributed by atoms with Crippen molar-refractivity contribution in [1.29, 1.82) is 0 Å². The Kier molecular flexibility index (Phi) is 5.92. The summed E-state index contributed by atoms with van der Waals surface area (Å²) in [5.74, 6) is 0. The summed E-state index contributed by atoms with van der Waals surface area (Å²) in [6.07, 6.45) is 0. The van der Waals surface area contributed by atoms with Gasteiger partial charge in [-0.3, -0.25) is 0 Å². The summed E-state index contributed by atoms with van der Waals surface area (Å²) in [4.78, 5) is 15.7. The van der Waals surface area contributed by atoms with E-state index in [-0.39, 0.29) is 0 Å². The van der Waals surface area contributed by atoms with Crippen LogP contribution in [0.15, 0.2) is 168 Å². The summed E-state index contributed by atoms with van der Waals surface area (Å²) in [5.41, 5.74) is 10.5. The Morgan fingerprint density at radius 3 is 1.69 bits per heavy atom. The van der Waals surface area contributed by atoms with E-state index >= 15 is 0 Å². The van der Waals surface area contributed by atoms with E-state index in [1.54, 1.807) is 0 Å². The Hall–Kier alpha value is -6.91. The van der Waals surface area contributed by atoms with Crippen LogP contribution in [-0.2, 0) is 0 Å². The Morgan fingerprint density at radius 1 is 0.353 bits per heavy atom. The minimum atomic E-state index is 0.877. The van der Waals surface area contributed by atoms with Gasteiger partial charge in [-0.1, -0.05) is 109 Å². The number of nitrogens with zero attached hydrogens (tertiary/aromatic N) is 3. The predicted molar refractivity (Wildman–Crippen MR) is 211 cm³/mol. The molecule has 4 aromatic heterocycles. The standard InChI is InChI=1S/C47H27N3O/c1-2-8-28(9-3-1)39-21-16-29-14-15-30-17-22-41(50-47(30)46(29)49-39)34-19-18-33(37-26-31-10-4-5-11-32(31)27-38(34)37)40-23-20-35-42(48-40)24-25-44-45(35)36-12-6-7-13-43(36)51-44/h1-27H. The summed E-state index contributed by atoms with van der Waals surface area (Å²) in [6.45, 7) is 0. The van der Waals surface area contributed by atoms with Crippen molar-refractivity contribution in [3.8, 4) is 33.8 Å². The number of aromatic nitrogens is 3. The van der Waals surface area contributed by atoms with E-state index in [0.29, 0.717) is 0 Å². The average molecular weight is 650 g/mol. The molecule has 4 nitrogen and oxygen atoms in total. The molecule has 0 unspecified atom stereocenters. The highest BCUT2D eigenvalue weighted by molar-refractivity contribution is 6.18. The lowest BCUT2D eigenvalue weighted by Crippen LogP contribution is -1.93. The number of para-hydroxylation sites is 1. The van der Waals surface area contributed by atoms with Crippen molar-refractivity contribution < 1.29 is 4.42 Å². The van der Waals surface area contributed by atoms with Gasteiger partial charge < -0.3 is 4.42 Å². The third-order valence-electron chi connectivity index (χ3n) is 10.2. The summed E-state index contributed by atoms with van der Waals surface area (Å²) in [7, 11) is 0. The van der Waals surface area contributed by atoms with E-state index in [4.69, 9.17) is 19.4 Å². The third-order valence-corrected chi connectivity index (χ3v) is 10.2. The van der Waals surface area contributed by atoms with E-state index in [9.17, 15) is 0 Å². The quantitative estimate of drug-likeness (QED) is 0.141. The van der Waals surface area contributed by atoms with E-state index in [2.05, 4.69) is 127 Å². The number of pyridine rings is 3. The van der Waals surface area contributed by atoms with Gasteiger partial charge in [0.25, 0.3) is 0 Å². The van der Waals surface area contributed by atoms with Crippen molar-refractivity contribution in [3.63, 3.8) is 0 Å². The third kappa shape index (κ3) is 4.37. The zero-order chi connectivity index (χ0) is 33.5. The first-order chi connectivity index (χ1) is 25.2. The van der Waals surface area contributed by atoms with Crippen LogP contribution in [0.5, 0.6) is 0 Å². The minimum Gasteiger partial charge on any atom is -0.456 e. The van der Waals surface area contributed by atoms with Gasteiger partial charge in [0.2, 0.25) is 0 Å². The van der Waals surface area contributed by atoms with E-state index in [1.807, 2.05) is 36.4 Å². The molecule has 0 fully saturated rings. The molecule has 0 spiro atoms. The first-order valence-corrected chi connectivity index (χ1v) is 17.2. The highest BCUT2D eigenvalue weighted by Crippen LogP contribution is 2.40. The van der Waals surface area contributed by atoms with Crippen molar-refractivity contribution in [3.05, 3.63) is 164 Å². The molecule has 0 radical (unpaired) electrons. The van der Waals surface area contributed by atoms with Gasteiger partial charge in [-0.25, -0.2) is 15.0 Å². The highest BCUT2D eigenvalue weighted by atomic mass is 16.3. The lowest BCUT2D eigenvalue weighted by molar-refractivity contribution is 0.669. The molecular formula is C47H27N3O. The molecule has 11 aromatic rings. The van der Waals surface area contributed by atoms with Gasteiger partial charge in [-0.2, -0.15) is 0 Å². The molecule has 0 saturated heterocycles. The van der Waals surface area contributed by atoms with Crippen LogP contribution >= 0.6 is 0 Å². The number of benzene rings is 7. The summed E-state index contributed by atoms with van der Waals surface area (Å²) < 4.78 is 6.17. The lowest BCUT2D eigenvalue weighted by atomic mass is 9.92. The molecule has 0 atom stereocenters. The largest absolute Gasteiger partial charge is 0.456 e. The molecule has 4 heterocycles. The molecule has 51 heavy (non-hydrogen) atoms. The van der Waals surface area contributed by atoms with Gasteiger partial charge >= 0.3 is 0 Å². The fraction of sp³-hybridized carbons (Fsp3) is 0. The maximum Gasteiger partial charge on any atom is 0.136 e. The van der Waals surface area contributed by atoms with Crippen LogP contribution < -0.4 is 0 Å². The lowest BCUT2D eigenvalue weighted by Gasteiger charge is -2.14. The molecule has 0 N–H and O–H groups in total. The van der Waals surface area contributed by atoms with E-state index < -0.39 is 0 Å². The molecule has 0 amide bonds. The van der Waals surface area contributed by atoms with E-state index in [0.717, 1.165) is 99.2 Å². The Bertz CT molecular complexity index is 3200. The minimum absolute atomic E-state index is 0.877. The number of fused-ring (bicyclic) bond motifs is 10. The first kappa shape index (κ1) is 28.0. The zero-order valence-electron chi connectivity index (χ0n) is 27.3. The molecule has 7 aromatic carbocycles. The maximum absolute atomic E-state index is 6.17. The van der Waals surface area contributed by atoms with Crippen molar-refractivity contribution in [1.82, 2.24) is 15.0 Å². The second-order valence-corrected chi connectivity index (χ2v) is 13.2. The molecule has 0 saturated carbocycles. The predicted octanol–water partition coefficient (Wildman–Crippen LogP) is 12.5. The van der Waals surface area contributed by atoms with Crippen molar-refractivity contribution in [2.45, 2.75) is 0 Å². The summed E-state index contributed by atoms with van der Waals surface area (Å²) in [6, 6.07) is 57.3. The smallest absolute Gasteiger partial charge is 0.136 e. The fourth-order valence-electron chi connectivity index (χ4n) is 7.74. The van der Waals surface area contributed by atoms with Crippen LogP contribution in [0.3, 0.4) is 0 Å². The molecule has 0 aliphatic heterocycles. The second-order valence-electron chi connectivity index (χ2n) is 13.2. The normalized spacial score (nSPS) is 11.9. The Balaban J connectivity index is 1.12. The molecule has 4 heteroatoms. The van der Waals surface area contributed by atoms with Gasteiger partial charge in [-0.05, 0) is 76.1 Å². The molecule has 11 rings (SSSR count). The van der Waals surface area contributed by atoms with Crippen LogP contribution in [-0.4, -0.2) is 15.0 Å². The topological polar surface area (TPSA) is 51.8 Å². The van der Waals surface area contributed by atoms with Crippen molar-refractivity contribution >= 4 is 76.2 Å². The van der Waals surface area contributed by atoms with Crippen LogP contribution in [0.4, 0.5) is 0 Å². The van der Waals surface area contributed by atoms with Crippen LogP contribution in [0.25, 0.3) is 110 Å². The maximum atomic E-state index is 6.17. The average Bonchev–Trinajstić information content (AvgIpc) is 3.59. The summed E-state index contributed by atoms with van der Waals surface area (Å²) >= 11 is 0. The fourth-order valence-corrected chi connectivity index (χ4v) is 7.74. The molecule has 0 bridgehead atoms. The van der Waals surface area contributed by atoms with Crippen LogP contribution in [0.2, 0.25) is 0 Å². The van der Waals surface area contributed by atoms with Gasteiger partial charge in [0.05, 0.1) is 33.6 Å². The Morgan fingerprint density at radius 2 is 0.941 bits per heavy atom.